The molecule has 0 saturated heterocycles. The molecule has 56 heavy (non-hydrogen) atoms. The molecule has 0 heterocycles. The highest BCUT2D eigenvalue weighted by molar-refractivity contribution is 6.87. The van der Waals surface area contributed by atoms with Gasteiger partial charge in [-0.15, -0.1) is 0 Å². The van der Waals surface area contributed by atoms with E-state index in [4.69, 9.17) is 27.9 Å². The van der Waals surface area contributed by atoms with Crippen LogP contribution in [0.15, 0.2) is 0 Å². The van der Waals surface area contributed by atoms with Gasteiger partial charge in [0, 0.05) is 26.2 Å². The summed E-state index contributed by atoms with van der Waals surface area (Å²) in [4.78, 5) is 8.92. The summed E-state index contributed by atoms with van der Waals surface area (Å²) in [5, 5.41) is 0. The average Bonchev–Trinajstić information content (AvgIpc) is 2.84. The third-order valence-corrected chi connectivity index (χ3v) is 23.1. The average molecular weight is 910 g/mol. The van der Waals surface area contributed by atoms with Gasteiger partial charge in [0.15, 0.2) is 33.3 Å². The molecule has 0 amide bonds. The first-order valence-electron chi connectivity index (χ1n) is 21.1. The lowest BCUT2D eigenvalue weighted by molar-refractivity contribution is 0.273. The van der Waals surface area contributed by atoms with Gasteiger partial charge >= 0.3 is 8.56 Å². The number of nitrogens with zero attached hydrogens (tertiary/aromatic N) is 4. The normalized spacial score (nSPS) is 12.2. The molecule has 0 bridgehead atoms. The van der Waals surface area contributed by atoms with Crippen molar-refractivity contribution in [3.05, 3.63) is 0 Å². The molecule has 0 aromatic carbocycles. The first-order valence-corrected chi connectivity index (χ1v) is 39.7. The van der Waals surface area contributed by atoms with Crippen LogP contribution >= 0.6 is 0 Å². The summed E-state index contributed by atoms with van der Waals surface area (Å²) < 4.78 is 24.0. The van der Waals surface area contributed by atoms with Crippen LogP contribution in [0.5, 0.6) is 0 Å². The van der Waals surface area contributed by atoms with Crippen LogP contribution in [0.2, 0.25) is 98.2 Å². The van der Waals surface area contributed by atoms with Crippen molar-refractivity contribution in [2.75, 3.05) is 95.6 Å². The van der Waals surface area contributed by atoms with Crippen molar-refractivity contribution < 1.29 is 16.5 Å². The Kier molecular flexibility index (Phi) is 49.5. The molecule has 0 atom stereocenters. The molecule has 0 aromatic heterocycles. The first kappa shape index (κ1) is 71.4. The van der Waals surface area contributed by atoms with Gasteiger partial charge in [0.2, 0.25) is 0 Å². The second kappa shape index (κ2) is 38.8. The highest BCUT2D eigenvalue weighted by atomic mass is 28.5. The van der Waals surface area contributed by atoms with Crippen LogP contribution in [0, 0.1) is 11.8 Å². The fourth-order valence-corrected chi connectivity index (χ4v) is 26.5. The molecule has 0 unspecified atom stereocenters. The Morgan fingerprint density at radius 1 is 0.464 bits per heavy atom. The molecule has 0 rings (SSSR count). The number of nitrogens with two attached hydrogens (primary N) is 2. The predicted octanol–water partition coefficient (Wildman–Crippen LogP) is 9.55. The predicted molar refractivity (Wildman–Crippen MR) is 275 cm³/mol. The summed E-state index contributed by atoms with van der Waals surface area (Å²) in [6, 6.07) is 0. The molecular formula is C40H112N6O4Si6. The molecule has 0 aliphatic heterocycles. The molecule has 0 fully saturated rings. The first-order chi connectivity index (χ1) is 24.4. The summed E-state index contributed by atoms with van der Waals surface area (Å²) >= 11 is 0. The van der Waals surface area contributed by atoms with E-state index in [0.717, 1.165) is 24.9 Å². The summed E-state index contributed by atoms with van der Waals surface area (Å²) in [5.41, 5.74) is 10.3. The molecule has 16 heteroatoms. The summed E-state index contributed by atoms with van der Waals surface area (Å²) in [7, 11) is 8.17. The van der Waals surface area contributed by atoms with E-state index < -0.39 is 51.1 Å². The number of hydrogen-bond acceptors (Lipinski definition) is 10. The molecule has 0 aromatic rings. The van der Waals surface area contributed by atoms with Crippen LogP contribution in [0.1, 0.15) is 60.8 Å². The van der Waals surface area contributed by atoms with E-state index >= 15 is 0 Å². The molecule has 0 aliphatic carbocycles. The highest BCUT2D eigenvalue weighted by Gasteiger charge is 2.35. The zero-order valence-corrected chi connectivity index (χ0v) is 49.0. The van der Waals surface area contributed by atoms with Crippen LogP contribution in [0.25, 0.3) is 0 Å². The third kappa shape index (κ3) is 86.7. The Morgan fingerprint density at radius 2 is 0.679 bits per heavy atom. The Bertz CT molecular complexity index is 720. The maximum Gasteiger partial charge on any atom is 0.311 e. The highest BCUT2D eigenvalue weighted by Crippen LogP contribution is 2.19. The molecular weight excluding hydrogens is 797 g/mol. The second-order valence-corrected chi connectivity index (χ2v) is 44.8. The SMILES string of the molecule is C.CC(CN(C)C)CN(C)C.CC(CN(C)C)CN(C)C.CCCCN.CCCCN.C[SiH](O[Si](C)(C)C)O[Si](C)(C)C.C[Si](C)(C)O[Si](C)(C)O[Si](C)(C)C. The van der Waals surface area contributed by atoms with Gasteiger partial charge in [0.25, 0.3) is 9.28 Å². The van der Waals surface area contributed by atoms with E-state index in [1.54, 1.807) is 0 Å². The zero-order chi connectivity index (χ0) is 45.4. The third-order valence-electron chi connectivity index (χ3n) is 5.97. The molecule has 350 valence electrons. The maximum atomic E-state index is 6.09. The lowest BCUT2D eigenvalue weighted by Gasteiger charge is -2.35. The number of hydrogen-bond donors (Lipinski definition) is 2. The topological polar surface area (TPSA) is 102 Å². The van der Waals surface area contributed by atoms with Crippen molar-refractivity contribution in [2.45, 2.75) is 159 Å². The fraction of sp³-hybridized carbons (Fsp3) is 1.00. The van der Waals surface area contributed by atoms with Crippen LogP contribution in [0.4, 0.5) is 0 Å². The van der Waals surface area contributed by atoms with Gasteiger partial charge in [-0.25, -0.2) is 0 Å². The summed E-state index contributed by atoms with van der Waals surface area (Å²) in [5.74, 6) is 1.54. The van der Waals surface area contributed by atoms with Crippen molar-refractivity contribution in [3.63, 3.8) is 0 Å². The van der Waals surface area contributed by atoms with Crippen molar-refractivity contribution in [3.8, 4) is 0 Å². The molecule has 0 saturated carbocycles. The van der Waals surface area contributed by atoms with Gasteiger partial charge in [-0.05, 0) is 192 Å². The van der Waals surface area contributed by atoms with Crippen molar-refractivity contribution in [2.24, 2.45) is 23.3 Å². The van der Waals surface area contributed by atoms with Crippen LogP contribution in [-0.2, 0) is 16.5 Å². The van der Waals surface area contributed by atoms with Crippen molar-refractivity contribution in [1.82, 2.24) is 19.6 Å². The van der Waals surface area contributed by atoms with Gasteiger partial charge < -0.3 is 47.5 Å². The number of rotatable bonds is 20. The Balaban J connectivity index is -0.000000106. The molecule has 0 spiro atoms. The smallest absolute Gasteiger partial charge is 0.311 e. The molecule has 0 radical (unpaired) electrons. The van der Waals surface area contributed by atoms with Gasteiger partial charge in [0.1, 0.15) is 0 Å². The Morgan fingerprint density at radius 3 is 0.786 bits per heavy atom. The van der Waals surface area contributed by atoms with Gasteiger partial charge in [-0.1, -0.05) is 48.0 Å². The number of unbranched alkanes of at least 4 members (excludes halogenated alkanes) is 2. The monoisotopic (exact) mass is 909 g/mol. The quantitative estimate of drug-likeness (QED) is 0.115. The Hall–Kier alpha value is 0.901. The molecule has 10 nitrogen and oxygen atoms in total. The molecule has 0 aliphatic rings. The van der Waals surface area contributed by atoms with E-state index in [1.165, 1.54) is 51.9 Å². The standard InChI is InChI=1S/2C8H20N2.C8H24O2Si3.C7H22O2Si3.2C4H11N.CH4/c2*1-8(6-9(2)3)7-10(4)5;1-11(2,3)9-13(7,8)10-12(4,5)6;1-10(8-11(2,3)4)9-12(5,6)7;2*1-2-3-4-5;/h2*8H,6-7H2,1-5H3;1-8H3;10H,1-7H3;2*2-5H2,1H3;1H4. The van der Waals surface area contributed by atoms with E-state index in [0.29, 0.717) is 0 Å². The minimum atomic E-state index is -1.85. The summed E-state index contributed by atoms with van der Waals surface area (Å²) in [6.45, 7) is 48.2. The molecule has 4 N–H and O–H groups in total. The Labute approximate surface area is 363 Å². The minimum Gasteiger partial charge on any atom is -0.439 e. The van der Waals surface area contributed by atoms with E-state index in [1.807, 2.05) is 0 Å². The largest absolute Gasteiger partial charge is 0.439 e. The maximum absolute atomic E-state index is 6.09. The van der Waals surface area contributed by atoms with Gasteiger partial charge in [-0.2, -0.15) is 0 Å². The van der Waals surface area contributed by atoms with E-state index in [2.05, 4.69) is 202 Å². The van der Waals surface area contributed by atoms with Crippen molar-refractivity contribution >= 4 is 51.1 Å². The van der Waals surface area contributed by atoms with E-state index in [9.17, 15) is 0 Å². The van der Waals surface area contributed by atoms with Crippen LogP contribution in [0.3, 0.4) is 0 Å². The van der Waals surface area contributed by atoms with Crippen LogP contribution in [-0.4, -0.2) is 166 Å². The summed E-state index contributed by atoms with van der Waals surface area (Å²) in [6.07, 6.45) is 4.77. The van der Waals surface area contributed by atoms with Gasteiger partial charge in [-0.3, -0.25) is 0 Å². The van der Waals surface area contributed by atoms with Crippen molar-refractivity contribution in [1.29, 1.82) is 0 Å². The minimum absolute atomic E-state index is 0. The zero-order valence-electron chi connectivity index (χ0n) is 42.9. The van der Waals surface area contributed by atoms with Crippen LogP contribution < -0.4 is 11.5 Å². The van der Waals surface area contributed by atoms with Gasteiger partial charge in [0.05, 0.1) is 0 Å². The lowest BCUT2D eigenvalue weighted by atomic mass is 10.1. The fourth-order valence-electron chi connectivity index (χ4n) is 5.53. The second-order valence-electron chi connectivity index (χ2n) is 20.4. The van der Waals surface area contributed by atoms with E-state index in [-0.39, 0.29) is 7.43 Å². The lowest BCUT2D eigenvalue weighted by Crippen LogP contribution is -2.50.